The van der Waals surface area contributed by atoms with Gasteiger partial charge in [0.1, 0.15) is 17.4 Å². The van der Waals surface area contributed by atoms with Crippen molar-refractivity contribution in [3.05, 3.63) is 77.4 Å². The Bertz CT molecular complexity index is 1260. The Hall–Kier alpha value is -4.03. The summed E-state index contributed by atoms with van der Waals surface area (Å²) in [4.78, 5) is 28.9. The molecular weight excluding hydrogens is 487 g/mol. The molecule has 2 aliphatic rings. The van der Waals surface area contributed by atoms with Gasteiger partial charge in [-0.3, -0.25) is 9.79 Å². The normalized spacial score (nSPS) is 19.8. The monoisotopic (exact) mass is 513 g/mol. The van der Waals surface area contributed by atoms with E-state index < -0.39 is 17.6 Å². The number of morpholine rings is 1. The van der Waals surface area contributed by atoms with E-state index in [9.17, 15) is 18.0 Å². The number of carbonyl (C=O) groups excluding carboxylic acids is 1. The van der Waals surface area contributed by atoms with Crippen LogP contribution in [-0.2, 0) is 10.9 Å². The molecule has 0 spiro atoms. The summed E-state index contributed by atoms with van der Waals surface area (Å²) >= 11 is 0. The number of nitrogens with two attached hydrogens (primary N) is 1. The van der Waals surface area contributed by atoms with Crippen molar-refractivity contribution in [1.29, 1.82) is 0 Å². The number of amidine groups is 1. The maximum atomic E-state index is 12.9. The summed E-state index contributed by atoms with van der Waals surface area (Å²) in [6.45, 7) is 6.47. The molecule has 1 amide bonds. The molecule has 9 nitrogen and oxygen atoms in total. The topological polar surface area (TPSA) is 108 Å². The van der Waals surface area contributed by atoms with Crippen molar-refractivity contribution >= 4 is 30.0 Å². The van der Waals surface area contributed by atoms with Crippen molar-refractivity contribution < 1.29 is 22.7 Å². The summed E-state index contributed by atoms with van der Waals surface area (Å²) in [7, 11) is 2.03. The number of pyridine rings is 1. The van der Waals surface area contributed by atoms with Crippen molar-refractivity contribution in [3.8, 4) is 0 Å². The number of benzene rings is 1. The number of anilines is 1. The lowest BCUT2D eigenvalue weighted by atomic mass is 10.1. The lowest BCUT2D eigenvalue weighted by Gasteiger charge is -2.35. The number of aromatic nitrogens is 1. The third-order valence-electron chi connectivity index (χ3n) is 5.86. The van der Waals surface area contributed by atoms with Gasteiger partial charge in [-0.15, -0.1) is 0 Å². The van der Waals surface area contributed by atoms with Gasteiger partial charge >= 0.3 is 6.18 Å². The molecule has 3 heterocycles. The summed E-state index contributed by atoms with van der Waals surface area (Å²) in [5.41, 5.74) is 7.18. The first-order valence-electron chi connectivity index (χ1n) is 11.4. The Morgan fingerprint density at radius 1 is 1.27 bits per heavy atom. The van der Waals surface area contributed by atoms with E-state index in [1.807, 2.05) is 11.9 Å². The summed E-state index contributed by atoms with van der Waals surface area (Å²) in [5, 5.41) is 2.39. The standard InChI is InChI=1S/C25H26F3N7O2/c1-30-21(22-23(29)32-9-10-35(22)15-19-14-34(2)11-12-37-19)16-3-5-17(6-4-16)24(36)33-20-13-18(7-8-31-20)25(26,27)28/h3-10,13,19H,1,11-12,14-15H2,2H3,(H2,29,32)(H,31,33,36)/b22-21-. The van der Waals surface area contributed by atoms with Gasteiger partial charge in [-0.2, -0.15) is 13.2 Å². The van der Waals surface area contributed by atoms with Gasteiger partial charge in [-0.25, -0.2) is 9.98 Å². The number of alkyl halides is 3. The zero-order valence-corrected chi connectivity index (χ0v) is 20.1. The lowest BCUT2D eigenvalue weighted by Crippen LogP contribution is -2.46. The zero-order chi connectivity index (χ0) is 26.6. The molecule has 3 N–H and O–H groups in total. The van der Waals surface area contributed by atoms with Gasteiger partial charge in [-0.1, -0.05) is 12.1 Å². The van der Waals surface area contributed by atoms with Crippen LogP contribution in [0.25, 0.3) is 5.70 Å². The van der Waals surface area contributed by atoms with Gasteiger partial charge in [0.25, 0.3) is 5.91 Å². The maximum absolute atomic E-state index is 12.9. The fourth-order valence-electron chi connectivity index (χ4n) is 4.03. The summed E-state index contributed by atoms with van der Waals surface area (Å²) in [6.07, 6.45) is -0.216. The van der Waals surface area contributed by atoms with E-state index in [1.54, 1.807) is 24.5 Å². The van der Waals surface area contributed by atoms with E-state index in [2.05, 4.69) is 31.9 Å². The third-order valence-corrected chi connectivity index (χ3v) is 5.86. The Balaban J connectivity index is 1.55. The number of likely N-dealkylation sites (N-methyl/N-ethyl adjacent to an activating group) is 1. The Morgan fingerprint density at radius 2 is 2.00 bits per heavy atom. The van der Waals surface area contributed by atoms with Crippen LogP contribution in [-0.4, -0.2) is 72.6 Å². The maximum Gasteiger partial charge on any atom is 0.416 e. The van der Waals surface area contributed by atoms with E-state index in [1.165, 1.54) is 12.1 Å². The van der Waals surface area contributed by atoms with Crippen LogP contribution >= 0.6 is 0 Å². The summed E-state index contributed by atoms with van der Waals surface area (Å²) in [5.74, 6) is -0.559. The van der Waals surface area contributed by atoms with Crippen LogP contribution in [0, 0.1) is 0 Å². The van der Waals surface area contributed by atoms with Gasteiger partial charge in [0.15, 0.2) is 0 Å². The first-order chi connectivity index (χ1) is 17.7. The van der Waals surface area contributed by atoms with E-state index in [4.69, 9.17) is 10.5 Å². The first kappa shape index (κ1) is 26.0. The highest BCUT2D eigenvalue weighted by Crippen LogP contribution is 2.30. The number of hydrogen-bond acceptors (Lipinski definition) is 8. The zero-order valence-electron chi connectivity index (χ0n) is 20.1. The number of ether oxygens (including phenoxy) is 1. The molecule has 12 heteroatoms. The molecule has 1 saturated heterocycles. The predicted octanol–water partition coefficient (Wildman–Crippen LogP) is 3.20. The Morgan fingerprint density at radius 3 is 2.68 bits per heavy atom. The second-order valence-corrected chi connectivity index (χ2v) is 8.53. The molecule has 1 unspecified atom stereocenters. The van der Waals surface area contributed by atoms with Crippen molar-refractivity contribution in [2.24, 2.45) is 15.7 Å². The number of carbonyl (C=O) groups is 1. The summed E-state index contributed by atoms with van der Waals surface area (Å²) in [6, 6.07) is 7.97. The van der Waals surface area contributed by atoms with Crippen LogP contribution in [0.15, 0.2) is 70.7 Å². The van der Waals surface area contributed by atoms with Crippen molar-refractivity contribution in [1.82, 2.24) is 14.8 Å². The molecule has 194 valence electrons. The van der Waals surface area contributed by atoms with E-state index in [0.717, 1.165) is 31.4 Å². The minimum Gasteiger partial charge on any atom is -0.382 e. The molecule has 2 aromatic rings. The Labute approximate surface area is 211 Å². The van der Waals surface area contributed by atoms with E-state index in [0.29, 0.717) is 30.1 Å². The molecule has 0 radical (unpaired) electrons. The molecule has 1 atom stereocenters. The summed E-state index contributed by atoms with van der Waals surface area (Å²) < 4.78 is 44.7. The van der Waals surface area contributed by atoms with Gasteiger partial charge in [0, 0.05) is 42.8 Å². The number of halogens is 3. The van der Waals surface area contributed by atoms with Crippen LogP contribution < -0.4 is 11.1 Å². The van der Waals surface area contributed by atoms with Crippen molar-refractivity contribution in [2.75, 3.05) is 38.6 Å². The Kier molecular flexibility index (Phi) is 7.69. The van der Waals surface area contributed by atoms with Crippen LogP contribution in [0.4, 0.5) is 19.0 Å². The van der Waals surface area contributed by atoms with Crippen molar-refractivity contribution in [2.45, 2.75) is 12.3 Å². The second-order valence-electron chi connectivity index (χ2n) is 8.53. The van der Waals surface area contributed by atoms with E-state index >= 15 is 0 Å². The number of nitrogens with zero attached hydrogens (tertiary/aromatic N) is 5. The molecule has 1 aromatic carbocycles. The molecule has 1 fully saturated rings. The van der Waals surface area contributed by atoms with Gasteiger partial charge in [0.2, 0.25) is 0 Å². The number of aliphatic imine (C=N–C) groups is 2. The number of amides is 1. The molecule has 1 aromatic heterocycles. The van der Waals surface area contributed by atoms with Crippen LogP contribution in [0.1, 0.15) is 21.5 Å². The van der Waals surface area contributed by atoms with Crippen molar-refractivity contribution in [3.63, 3.8) is 0 Å². The quantitative estimate of drug-likeness (QED) is 0.575. The fraction of sp³-hybridized carbons (Fsp3) is 0.280. The lowest BCUT2D eigenvalue weighted by molar-refractivity contribution is -0.137. The van der Waals surface area contributed by atoms with Crippen LogP contribution in [0.5, 0.6) is 0 Å². The molecule has 0 saturated carbocycles. The van der Waals surface area contributed by atoms with E-state index in [-0.39, 0.29) is 23.3 Å². The van der Waals surface area contributed by atoms with Crippen LogP contribution in [0.2, 0.25) is 0 Å². The molecule has 4 rings (SSSR count). The second kappa shape index (κ2) is 10.9. The number of nitrogens with one attached hydrogen (secondary N) is 1. The molecule has 0 bridgehead atoms. The van der Waals surface area contributed by atoms with Crippen LogP contribution in [0.3, 0.4) is 0 Å². The molecule has 0 aliphatic carbocycles. The largest absolute Gasteiger partial charge is 0.416 e. The number of rotatable bonds is 6. The fourth-order valence-corrected chi connectivity index (χ4v) is 4.03. The third kappa shape index (κ3) is 6.22. The molecular formula is C25H26F3N7O2. The number of hydrogen-bond donors (Lipinski definition) is 2. The van der Waals surface area contributed by atoms with Gasteiger partial charge in [0.05, 0.1) is 30.5 Å². The molecule has 37 heavy (non-hydrogen) atoms. The average molecular weight is 514 g/mol. The van der Waals surface area contributed by atoms with Gasteiger partial charge in [-0.05, 0) is 38.0 Å². The molecule has 2 aliphatic heterocycles. The minimum absolute atomic E-state index is 0.0501. The van der Waals surface area contributed by atoms with Gasteiger partial charge < -0.3 is 25.6 Å². The highest BCUT2D eigenvalue weighted by Gasteiger charge is 2.31. The SMILES string of the molecule is C=N/C(=C1/C(N)=NC=CN1CC1CN(C)CCO1)c1ccc(C(=O)Nc2cc(C(F)(F)F)ccn2)cc1. The highest BCUT2D eigenvalue weighted by atomic mass is 19.4. The first-order valence-corrected chi connectivity index (χ1v) is 11.4. The predicted molar refractivity (Wildman–Crippen MR) is 135 cm³/mol. The average Bonchev–Trinajstić information content (AvgIpc) is 2.86. The minimum atomic E-state index is -4.54. The highest BCUT2D eigenvalue weighted by molar-refractivity contribution is 6.06. The smallest absolute Gasteiger partial charge is 0.382 e.